The number of methoxy groups -OCH3 is 1. The molecule has 2 fully saturated rings. The summed E-state index contributed by atoms with van der Waals surface area (Å²) in [5.41, 5.74) is 1.29. The Hall–Kier alpha value is -2.78. The van der Waals surface area contributed by atoms with Crippen LogP contribution in [0.3, 0.4) is 0 Å². The zero-order valence-electron chi connectivity index (χ0n) is 20.3. The second-order valence-corrected chi connectivity index (χ2v) is 11.3. The van der Waals surface area contributed by atoms with E-state index in [1.54, 1.807) is 30.3 Å². The number of para-hydroxylation sites is 1. The number of hydrogen-bond donors (Lipinski definition) is 2. The van der Waals surface area contributed by atoms with Gasteiger partial charge in [0, 0.05) is 19.2 Å². The largest absolute Gasteiger partial charge is 0.495 e. The topological polar surface area (TPSA) is 97.0 Å². The van der Waals surface area contributed by atoms with Crippen LogP contribution in [0.25, 0.3) is 0 Å². The first-order valence-corrected chi connectivity index (χ1v) is 13.9. The quantitative estimate of drug-likeness (QED) is 0.595. The molecule has 1 saturated carbocycles. The predicted molar refractivity (Wildman–Crippen MR) is 135 cm³/mol. The molecule has 2 N–H and O–H groups in total. The summed E-state index contributed by atoms with van der Waals surface area (Å²) in [6.45, 7) is 5.09. The van der Waals surface area contributed by atoms with E-state index >= 15 is 0 Å². The predicted octanol–water partition coefficient (Wildman–Crippen LogP) is 4.12. The minimum atomic E-state index is -3.93. The lowest BCUT2D eigenvalue weighted by atomic mass is 9.80. The maximum absolute atomic E-state index is 13.3. The van der Waals surface area contributed by atoms with Crippen molar-refractivity contribution in [3.8, 4) is 11.5 Å². The first kappa shape index (κ1) is 23.9. The van der Waals surface area contributed by atoms with Gasteiger partial charge in [0.15, 0.2) is 0 Å². The van der Waals surface area contributed by atoms with E-state index in [-0.39, 0.29) is 22.7 Å². The molecule has 2 aromatic rings. The highest BCUT2D eigenvalue weighted by Gasteiger charge is 2.50. The maximum Gasteiger partial charge on any atom is 0.265 e. The molecule has 35 heavy (non-hydrogen) atoms. The minimum Gasteiger partial charge on any atom is -0.495 e. The number of benzene rings is 2. The number of anilines is 2. The summed E-state index contributed by atoms with van der Waals surface area (Å²) in [5, 5.41) is 3.08. The number of carbonyl (C=O) groups is 1. The van der Waals surface area contributed by atoms with Gasteiger partial charge in [0.25, 0.3) is 10.0 Å². The summed E-state index contributed by atoms with van der Waals surface area (Å²) < 4.78 is 41.1. The van der Waals surface area contributed by atoms with E-state index in [1.165, 1.54) is 13.2 Å². The van der Waals surface area contributed by atoms with Crippen LogP contribution >= 0.6 is 0 Å². The summed E-state index contributed by atoms with van der Waals surface area (Å²) >= 11 is 0. The molecule has 2 heterocycles. The highest BCUT2D eigenvalue weighted by Crippen LogP contribution is 2.53. The van der Waals surface area contributed by atoms with Gasteiger partial charge >= 0.3 is 0 Å². The molecule has 1 spiro atoms. The monoisotopic (exact) mass is 499 g/mol. The Balaban J connectivity index is 1.52. The Morgan fingerprint density at radius 3 is 2.51 bits per heavy atom. The Morgan fingerprint density at radius 2 is 1.83 bits per heavy atom. The van der Waals surface area contributed by atoms with Crippen LogP contribution in [0.15, 0.2) is 41.3 Å². The molecule has 0 atom stereocenters. The summed E-state index contributed by atoms with van der Waals surface area (Å²) in [4.78, 5) is 15.6. The zero-order chi connectivity index (χ0) is 24.6. The smallest absolute Gasteiger partial charge is 0.265 e. The van der Waals surface area contributed by atoms with Crippen molar-refractivity contribution in [3.63, 3.8) is 0 Å². The average molecular weight is 500 g/mol. The standard InChI is InChI=1S/C26H33N3O5S/c1-3-29-14-10-19(11-15-29)34-22-17-18(28-35(31,32)23-9-5-4-8-21(23)33-2)16-20-24(22)27-25(30)26(20)12-6-7-13-26/h4-5,8-9,16-17,19,28H,3,6-7,10-15H2,1-2H3,(H,27,30). The molecular weight excluding hydrogens is 466 g/mol. The van der Waals surface area contributed by atoms with Crippen LogP contribution in [0.5, 0.6) is 11.5 Å². The van der Waals surface area contributed by atoms with Crippen LogP contribution in [-0.4, -0.2) is 52.1 Å². The van der Waals surface area contributed by atoms with Crippen LogP contribution in [0, 0.1) is 0 Å². The Morgan fingerprint density at radius 1 is 1.11 bits per heavy atom. The maximum atomic E-state index is 13.3. The number of fused-ring (bicyclic) bond motifs is 2. The number of nitrogens with one attached hydrogen (secondary N) is 2. The molecule has 0 radical (unpaired) electrons. The highest BCUT2D eigenvalue weighted by molar-refractivity contribution is 7.92. The normalized spacial score (nSPS) is 20.0. The van der Waals surface area contributed by atoms with Crippen LogP contribution in [0.1, 0.15) is 51.0 Å². The molecular formula is C26H33N3O5S. The zero-order valence-corrected chi connectivity index (χ0v) is 21.1. The average Bonchev–Trinajstić information content (AvgIpc) is 3.46. The van der Waals surface area contributed by atoms with Gasteiger partial charge in [-0.3, -0.25) is 9.52 Å². The number of piperidine rings is 1. The van der Waals surface area contributed by atoms with Gasteiger partial charge in [-0.05, 0) is 56.0 Å². The second-order valence-electron chi connectivity index (χ2n) is 9.65. The van der Waals surface area contributed by atoms with Crippen molar-refractivity contribution in [2.75, 3.05) is 36.8 Å². The van der Waals surface area contributed by atoms with Gasteiger partial charge < -0.3 is 19.7 Å². The third-order valence-electron chi connectivity index (χ3n) is 7.63. The molecule has 2 aliphatic heterocycles. The molecule has 2 aromatic carbocycles. The van der Waals surface area contributed by atoms with Gasteiger partial charge in [-0.2, -0.15) is 0 Å². The molecule has 1 saturated heterocycles. The van der Waals surface area contributed by atoms with E-state index in [4.69, 9.17) is 9.47 Å². The van der Waals surface area contributed by atoms with Crippen molar-refractivity contribution >= 4 is 27.3 Å². The van der Waals surface area contributed by atoms with Crippen molar-refractivity contribution < 1.29 is 22.7 Å². The molecule has 188 valence electrons. The molecule has 0 unspecified atom stereocenters. The molecule has 1 amide bonds. The fraction of sp³-hybridized carbons (Fsp3) is 0.500. The highest BCUT2D eigenvalue weighted by atomic mass is 32.2. The molecule has 1 aliphatic carbocycles. The van der Waals surface area contributed by atoms with E-state index < -0.39 is 15.4 Å². The summed E-state index contributed by atoms with van der Waals surface area (Å²) in [6.07, 6.45) is 5.23. The van der Waals surface area contributed by atoms with Gasteiger partial charge in [-0.25, -0.2) is 8.42 Å². The molecule has 3 aliphatic rings. The van der Waals surface area contributed by atoms with E-state index in [9.17, 15) is 13.2 Å². The van der Waals surface area contributed by atoms with E-state index in [1.807, 2.05) is 0 Å². The van der Waals surface area contributed by atoms with E-state index in [0.717, 1.165) is 63.7 Å². The van der Waals surface area contributed by atoms with Crippen LogP contribution in [-0.2, 0) is 20.2 Å². The summed E-state index contributed by atoms with van der Waals surface area (Å²) in [5.74, 6) is 0.789. The third-order valence-corrected chi connectivity index (χ3v) is 9.06. The van der Waals surface area contributed by atoms with Gasteiger partial charge in [0.2, 0.25) is 5.91 Å². The van der Waals surface area contributed by atoms with Crippen molar-refractivity contribution in [2.24, 2.45) is 0 Å². The second kappa shape index (κ2) is 9.35. The lowest BCUT2D eigenvalue weighted by Crippen LogP contribution is -2.38. The number of likely N-dealkylation sites (tertiary alicyclic amines) is 1. The van der Waals surface area contributed by atoms with Crippen LogP contribution < -0.4 is 19.5 Å². The number of amides is 1. The van der Waals surface area contributed by atoms with Crippen molar-refractivity contribution in [3.05, 3.63) is 42.0 Å². The summed E-state index contributed by atoms with van der Waals surface area (Å²) in [7, 11) is -2.48. The Bertz CT molecular complexity index is 1220. The minimum absolute atomic E-state index is 0.0135. The molecule has 5 rings (SSSR count). The molecule has 9 heteroatoms. The summed E-state index contributed by atoms with van der Waals surface area (Å²) in [6, 6.07) is 10.0. The van der Waals surface area contributed by atoms with Gasteiger partial charge in [0.05, 0.1) is 23.9 Å². The molecule has 8 nitrogen and oxygen atoms in total. The fourth-order valence-corrected chi connectivity index (χ4v) is 6.89. The van der Waals surface area contributed by atoms with Crippen molar-refractivity contribution in [1.82, 2.24) is 4.90 Å². The third kappa shape index (κ3) is 4.36. The Labute approximate surface area is 207 Å². The number of hydrogen-bond acceptors (Lipinski definition) is 6. The van der Waals surface area contributed by atoms with Gasteiger partial charge in [0.1, 0.15) is 22.5 Å². The number of sulfonamides is 1. The van der Waals surface area contributed by atoms with Crippen molar-refractivity contribution in [1.29, 1.82) is 0 Å². The number of rotatable bonds is 7. The van der Waals surface area contributed by atoms with Crippen molar-refractivity contribution in [2.45, 2.75) is 61.9 Å². The number of ether oxygens (including phenoxy) is 2. The first-order chi connectivity index (χ1) is 16.9. The van der Waals surface area contributed by atoms with E-state index in [2.05, 4.69) is 21.9 Å². The lowest BCUT2D eigenvalue weighted by molar-refractivity contribution is -0.120. The van der Waals surface area contributed by atoms with Gasteiger partial charge in [-0.1, -0.05) is 31.9 Å². The number of carbonyl (C=O) groups excluding carboxylic acids is 1. The molecule has 0 bridgehead atoms. The SMILES string of the molecule is CCN1CCC(Oc2cc(NS(=O)(=O)c3ccccc3OC)cc3c2NC(=O)C32CCCC2)CC1. The van der Waals surface area contributed by atoms with E-state index in [0.29, 0.717) is 17.1 Å². The first-order valence-electron chi connectivity index (χ1n) is 12.4. The van der Waals surface area contributed by atoms with Crippen LogP contribution in [0.4, 0.5) is 11.4 Å². The van der Waals surface area contributed by atoms with Crippen LogP contribution in [0.2, 0.25) is 0 Å². The number of nitrogens with zero attached hydrogens (tertiary/aromatic N) is 1. The molecule has 0 aromatic heterocycles. The lowest BCUT2D eigenvalue weighted by Gasteiger charge is -2.31. The van der Waals surface area contributed by atoms with Gasteiger partial charge in [-0.15, -0.1) is 0 Å². The fourth-order valence-electron chi connectivity index (χ4n) is 5.68. The Kier molecular flexibility index (Phi) is 6.40.